The second-order valence-electron chi connectivity index (χ2n) is 10.8. The summed E-state index contributed by atoms with van der Waals surface area (Å²) in [5, 5.41) is 21.4. The smallest absolute Gasteiger partial charge is 0.326 e. The van der Waals surface area contributed by atoms with Gasteiger partial charge in [0.1, 0.15) is 11.8 Å². The van der Waals surface area contributed by atoms with Gasteiger partial charge in [0.2, 0.25) is 5.91 Å². The van der Waals surface area contributed by atoms with Crippen molar-refractivity contribution in [3.63, 3.8) is 0 Å². The Bertz CT molecular complexity index is 689. The van der Waals surface area contributed by atoms with Crippen LogP contribution >= 0.6 is 0 Å². The SMILES string of the molecule is CCCCCCCCCCCCCCCCCCCCCCC(=O)N[C@@H](Cc1ccc(O)cc1)C(=O)O. The van der Waals surface area contributed by atoms with Crippen LogP contribution in [-0.4, -0.2) is 28.1 Å². The van der Waals surface area contributed by atoms with E-state index in [0.29, 0.717) is 6.42 Å². The molecular formula is C32H55NO4. The normalized spacial score (nSPS) is 11.9. The van der Waals surface area contributed by atoms with Gasteiger partial charge in [-0.05, 0) is 24.1 Å². The molecule has 0 unspecified atom stereocenters. The molecule has 0 saturated carbocycles. The topological polar surface area (TPSA) is 86.6 Å². The lowest BCUT2D eigenvalue weighted by atomic mass is 10.0. The molecule has 0 spiro atoms. The Labute approximate surface area is 226 Å². The van der Waals surface area contributed by atoms with Crippen LogP contribution in [0.2, 0.25) is 0 Å². The molecule has 1 amide bonds. The van der Waals surface area contributed by atoms with Crippen molar-refractivity contribution in [3.8, 4) is 5.75 Å². The van der Waals surface area contributed by atoms with Gasteiger partial charge in [-0.1, -0.05) is 141 Å². The van der Waals surface area contributed by atoms with Gasteiger partial charge in [-0.25, -0.2) is 4.79 Å². The van der Waals surface area contributed by atoms with E-state index < -0.39 is 12.0 Å². The minimum atomic E-state index is -1.04. The molecule has 0 aliphatic heterocycles. The van der Waals surface area contributed by atoms with Gasteiger partial charge in [-0.15, -0.1) is 0 Å². The van der Waals surface area contributed by atoms with Crippen molar-refractivity contribution in [1.29, 1.82) is 0 Å². The van der Waals surface area contributed by atoms with E-state index in [4.69, 9.17) is 0 Å². The van der Waals surface area contributed by atoms with Crippen LogP contribution in [0.5, 0.6) is 5.75 Å². The molecule has 1 aromatic carbocycles. The first-order valence-electron chi connectivity index (χ1n) is 15.3. The molecule has 0 fully saturated rings. The van der Waals surface area contributed by atoms with Crippen molar-refractivity contribution in [3.05, 3.63) is 29.8 Å². The zero-order chi connectivity index (χ0) is 27.0. The molecule has 1 rings (SSSR count). The van der Waals surface area contributed by atoms with E-state index in [1.54, 1.807) is 12.1 Å². The van der Waals surface area contributed by atoms with Crippen LogP contribution in [0.4, 0.5) is 0 Å². The molecule has 0 bridgehead atoms. The molecule has 0 aromatic heterocycles. The van der Waals surface area contributed by atoms with E-state index >= 15 is 0 Å². The summed E-state index contributed by atoms with van der Waals surface area (Å²) in [6.45, 7) is 2.28. The van der Waals surface area contributed by atoms with Crippen LogP contribution < -0.4 is 5.32 Å². The number of unbranched alkanes of at least 4 members (excludes halogenated alkanes) is 19. The predicted molar refractivity (Wildman–Crippen MR) is 154 cm³/mol. The fourth-order valence-electron chi connectivity index (χ4n) is 4.88. The highest BCUT2D eigenvalue weighted by Crippen LogP contribution is 2.15. The highest BCUT2D eigenvalue weighted by molar-refractivity contribution is 5.83. The summed E-state index contributed by atoms with van der Waals surface area (Å²) in [4.78, 5) is 23.7. The molecule has 212 valence electrons. The van der Waals surface area contributed by atoms with Crippen molar-refractivity contribution in [2.24, 2.45) is 0 Å². The number of carbonyl (C=O) groups excluding carboxylic acids is 1. The Balaban J connectivity index is 1.88. The van der Waals surface area contributed by atoms with E-state index in [-0.39, 0.29) is 18.1 Å². The van der Waals surface area contributed by atoms with Crippen molar-refractivity contribution in [2.45, 2.75) is 154 Å². The van der Waals surface area contributed by atoms with Gasteiger partial charge in [-0.2, -0.15) is 0 Å². The lowest BCUT2D eigenvalue weighted by Crippen LogP contribution is -2.42. The Morgan fingerprint density at radius 3 is 1.41 bits per heavy atom. The number of phenolic OH excluding ortho intramolecular Hbond substituents is 1. The largest absolute Gasteiger partial charge is 0.508 e. The number of benzene rings is 1. The summed E-state index contributed by atoms with van der Waals surface area (Å²) in [6.07, 6.45) is 27.0. The molecule has 0 saturated heterocycles. The minimum Gasteiger partial charge on any atom is -0.508 e. The van der Waals surface area contributed by atoms with Crippen LogP contribution in [-0.2, 0) is 16.0 Å². The van der Waals surface area contributed by atoms with Crippen molar-refractivity contribution in [1.82, 2.24) is 5.32 Å². The molecule has 0 aliphatic rings. The average Bonchev–Trinajstić information content (AvgIpc) is 2.88. The number of rotatable bonds is 25. The number of phenols is 1. The monoisotopic (exact) mass is 517 g/mol. The number of carbonyl (C=O) groups is 2. The summed E-state index contributed by atoms with van der Waals surface area (Å²) in [7, 11) is 0. The lowest BCUT2D eigenvalue weighted by Gasteiger charge is -2.14. The van der Waals surface area contributed by atoms with Gasteiger partial charge in [-0.3, -0.25) is 4.79 Å². The van der Waals surface area contributed by atoms with Gasteiger partial charge >= 0.3 is 5.97 Å². The molecule has 0 heterocycles. The van der Waals surface area contributed by atoms with Crippen LogP contribution in [0.15, 0.2) is 24.3 Å². The first kappa shape index (κ1) is 33.0. The molecule has 5 nitrogen and oxygen atoms in total. The number of aromatic hydroxyl groups is 1. The number of nitrogens with one attached hydrogen (secondary N) is 1. The molecule has 1 atom stereocenters. The predicted octanol–water partition coefficient (Wildman–Crippen LogP) is 8.72. The molecular weight excluding hydrogens is 462 g/mol. The van der Waals surface area contributed by atoms with Crippen LogP contribution in [0.1, 0.15) is 147 Å². The Morgan fingerprint density at radius 1 is 0.649 bits per heavy atom. The number of hydrogen-bond donors (Lipinski definition) is 3. The van der Waals surface area contributed by atoms with Gasteiger partial charge in [0.15, 0.2) is 0 Å². The quantitative estimate of drug-likeness (QED) is 0.113. The fourth-order valence-corrected chi connectivity index (χ4v) is 4.88. The Hall–Kier alpha value is -2.04. The molecule has 37 heavy (non-hydrogen) atoms. The maximum Gasteiger partial charge on any atom is 0.326 e. The third kappa shape index (κ3) is 19.7. The first-order valence-corrected chi connectivity index (χ1v) is 15.3. The van der Waals surface area contributed by atoms with E-state index in [0.717, 1.165) is 24.8 Å². The van der Waals surface area contributed by atoms with Crippen molar-refractivity contribution >= 4 is 11.9 Å². The Kier molecular flexibility index (Phi) is 20.6. The number of hydrogen-bond acceptors (Lipinski definition) is 3. The Morgan fingerprint density at radius 2 is 1.03 bits per heavy atom. The average molecular weight is 518 g/mol. The highest BCUT2D eigenvalue weighted by atomic mass is 16.4. The zero-order valence-corrected chi connectivity index (χ0v) is 23.7. The highest BCUT2D eigenvalue weighted by Gasteiger charge is 2.20. The molecule has 5 heteroatoms. The number of amides is 1. The van der Waals surface area contributed by atoms with Crippen molar-refractivity contribution < 1.29 is 19.8 Å². The standard InChI is InChI=1S/C32H55NO4/c1-2-3-4-5-6-7-8-9-10-11-12-13-14-15-16-17-18-19-20-21-22-31(35)33-30(32(36)37)27-28-23-25-29(34)26-24-28/h23-26,30,34H,2-22,27H2,1H3,(H,33,35)(H,36,37)/t30-/m0/s1. The van der Waals surface area contributed by atoms with Gasteiger partial charge in [0.25, 0.3) is 0 Å². The van der Waals surface area contributed by atoms with Crippen molar-refractivity contribution in [2.75, 3.05) is 0 Å². The zero-order valence-electron chi connectivity index (χ0n) is 23.7. The molecule has 0 aliphatic carbocycles. The second-order valence-corrected chi connectivity index (χ2v) is 10.8. The maximum atomic E-state index is 12.2. The number of carboxylic acid groups (broad SMARTS) is 1. The third-order valence-corrected chi connectivity index (χ3v) is 7.27. The molecule has 1 aromatic rings. The summed E-state index contributed by atoms with van der Waals surface area (Å²) < 4.78 is 0. The van der Waals surface area contributed by atoms with Crippen LogP contribution in [0, 0.1) is 0 Å². The van der Waals surface area contributed by atoms with Gasteiger partial charge < -0.3 is 15.5 Å². The van der Waals surface area contributed by atoms with E-state index in [9.17, 15) is 19.8 Å². The summed E-state index contributed by atoms with van der Waals surface area (Å²) >= 11 is 0. The van der Waals surface area contributed by atoms with Crippen LogP contribution in [0.3, 0.4) is 0 Å². The third-order valence-electron chi connectivity index (χ3n) is 7.27. The van der Waals surface area contributed by atoms with Crippen LogP contribution in [0.25, 0.3) is 0 Å². The first-order chi connectivity index (χ1) is 18.0. The maximum absolute atomic E-state index is 12.2. The molecule has 0 radical (unpaired) electrons. The second kappa shape index (κ2) is 23.1. The lowest BCUT2D eigenvalue weighted by molar-refractivity contribution is -0.141. The van der Waals surface area contributed by atoms with Gasteiger partial charge in [0.05, 0.1) is 0 Å². The van der Waals surface area contributed by atoms with E-state index in [1.807, 2.05) is 0 Å². The van der Waals surface area contributed by atoms with E-state index in [1.165, 1.54) is 121 Å². The number of carboxylic acids is 1. The minimum absolute atomic E-state index is 0.138. The number of aliphatic carboxylic acids is 1. The van der Waals surface area contributed by atoms with Gasteiger partial charge in [0, 0.05) is 12.8 Å². The summed E-state index contributed by atoms with van der Waals surface area (Å²) in [5.41, 5.74) is 0.768. The summed E-state index contributed by atoms with van der Waals surface area (Å²) in [6, 6.07) is 5.46. The van der Waals surface area contributed by atoms with E-state index in [2.05, 4.69) is 12.2 Å². The molecule has 3 N–H and O–H groups in total. The summed E-state index contributed by atoms with van der Waals surface area (Å²) in [5.74, 6) is -1.10. The fraction of sp³-hybridized carbons (Fsp3) is 0.750.